The zero-order valence-corrected chi connectivity index (χ0v) is 8.86. The number of ether oxygens (including phenoxy) is 3. The van der Waals surface area contributed by atoms with Crippen LogP contribution in [0.1, 0.15) is 13.3 Å². The molecule has 1 rings (SSSR count). The van der Waals surface area contributed by atoms with Gasteiger partial charge in [-0.05, 0) is 12.5 Å². The maximum Gasteiger partial charge on any atom is 0.216 e. The number of hydrogen-bond donors (Lipinski definition) is 0. The van der Waals surface area contributed by atoms with E-state index in [4.69, 9.17) is 14.2 Å². The minimum Gasteiger partial charge on any atom is -0.496 e. The van der Waals surface area contributed by atoms with E-state index in [0.29, 0.717) is 11.7 Å². The summed E-state index contributed by atoms with van der Waals surface area (Å²) >= 11 is 0. The van der Waals surface area contributed by atoms with E-state index in [9.17, 15) is 0 Å². The predicted octanol–water partition coefficient (Wildman–Crippen LogP) is 2.10. The first-order valence-corrected chi connectivity index (χ1v) is 4.91. The van der Waals surface area contributed by atoms with Crippen molar-refractivity contribution in [3.8, 4) is 0 Å². The SMILES string of the molecule is C=C/C=C(\OC)C1OCC(CC)CO1. The molecule has 80 valence electrons. The summed E-state index contributed by atoms with van der Waals surface area (Å²) in [7, 11) is 1.61. The largest absolute Gasteiger partial charge is 0.496 e. The summed E-state index contributed by atoms with van der Waals surface area (Å²) in [5, 5.41) is 0. The third kappa shape index (κ3) is 2.86. The van der Waals surface area contributed by atoms with Crippen molar-refractivity contribution in [2.45, 2.75) is 19.6 Å². The molecule has 0 aromatic heterocycles. The van der Waals surface area contributed by atoms with Crippen LogP contribution in [0.4, 0.5) is 0 Å². The van der Waals surface area contributed by atoms with Gasteiger partial charge in [-0.15, -0.1) is 0 Å². The van der Waals surface area contributed by atoms with Gasteiger partial charge in [-0.3, -0.25) is 0 Å². The van der Waals surface area contributed by atoms with Gasteiger partial charge in [-0.2, -0.15) is 0 Å². The smallest absolute Gasteiger partial charge is 0.216 e. The Morgan fingerprint density at radius 2 is 2.14 bits per heavy atom. The van der Waals surface area contributed by atoms with Crippen molar-refractivity contribution in [3.63, 3.8) is 0 Å². The molecule has 0 aromatic rings. The topological polar surface area (TPSA) is 27.7 Å². The van der Waals surface area contributed by atoms with E-state index in [0.717, 1.165) is 19.6 Å². The molecular formula is C11H18O3. The maximum atomic E-state index is 5.52. The lowest BCUT2D eigenvalue weighted by atomic mass is 10.1. The summed E-state index contributed by atoms with van der Waals surface area (Å²) in [5.41, 5.74) is 0. The van der Waals surface area contributed by atoms with Gasteiger partial charge in [0.05, 0.1) is 20.3 Å². The van der Waals surface area contributed by atoms with Crippen LogP contribution in [0.25, 0.3) is 0 Å². The zero-order valence-electron chi connectivity index (χ0n) is 8.86. The molecule has 0 spiro atoms. The quantitative estimate of drug-likeness (QED) is 0.511. The normalized spacial score (nSPS) is 28.6. The van der Waals surface area contributed by atoms with Crippen molar-refractivity contribution in [3.05, 3.63) is 24.5 Å². The first kappa shape index (κ1) is 11.3. The van der Waals surface area contributed by atoms with E-state index in [1.165, 1.54) is 0 Å². The molecule has 3 nitrogen and oxygen atoms in total. The predicted molar refractivity (Wildman–Crippen MR) is 54.8 cm³/mol. The molecule has 1 fully saturated rings. The fourth-order valence-corrected chi connectivity index (χ4v) is 1.30. The second kappa shape index (κ2) is 5.83. The van der Waals surface area contributed by atoms with E-state index >= 15 is 0 Å². The Kier molecular flexibility index (Phi) is 4.70. The summed E-state index contributed by atoms with van der Waals surface area (Å²) in [4.78, 5) is 0. The van der Waals surface area contributed by atoms with Crippen LogP contribution in [0, 0.1) is 5.92 Å². The van der Waals surface area contributed by atoms with Crippen molar-refractivity contribution in [1.82, 2.24) is 0 Å². The fraction of sp³-hybridized carbons (Fsp3) is 0.636. The minimum atomic E-state index is -0.360. The summed E-state index contributed by atoms with van der Waals surface area (Å²) in [6.45, 7) is 7.21. The molecule has 14 heavy (non-hydrogen) atoms. The molecule has 0 saturated carbocycles. The first-order chi connectivity index (χ1) is 6.81. The van der Waals surface area contributed by atoms with Crippen LogP contribution in [-0.4, -0.2) is 26.6 Å². The van der Waals surface area contributed by atoms with Crippen LogP contribution in [0.3, 0.4) is 0 Å². The van der Waals surface area contributed by atoms with E-state index in [2.05, 4.69) is 13.5 Å². The number of methoxy groups -OCH3 is 1. The molecule has 0 radical (unpaired) electrons. The number of rotatable bonds is 4. The van der Waals surface area contributed by atoms with Gasteiger partial charge >= 0.3 is 0 Å². The van der Waals surface area contributed by atoms with Crippen LogP contribution in [0.5, 0.6) is 0 Å². The van der Waals surface area contributed by atoms with Crippen molar-refractivity contribution in [1.29, 1.82) is 0 Å². The molecule has 1 saturated heterocycles. The van der Waals surface area contributed by atoms with Crippen LogP contribution < -0.4 is 0 Å². The molecule has 1 aliphatic heterocycles. The van der Waals surface area contributed by atoms with Gasteiger partial charge in [0.25, 0.3) is 0 Å². The Balaban J connectivity index is 2.47. The molecule has 1 heterocycles. The lowest BCUT2D eigenvalue weighted by Crippen LogP contribution is -2.33. The van der Waals surface area contributed by atoms with E-state index < -0.39 is 0 Å². The second-order valence-electron chi connectivity index (χ2n) is 3.28. The molecule has 0 N–H and O–H groups in total. The van der Waals surface area contributed by atoms with Crippen LogP contribution >= 0.6 is 0 Å². The van der Waals surface area contributed by atoms with Gasteiger partial charge in [0.2, 0.25) is 6.29 Å². The molecule has 0 aromatic carbocycles. The highest BCUT2D eigenvalue weighted by molar-refractivity contribution is 5.07. The van der Waals surface area contributed by atoms with Gasteiger partial charge < -0.3 is 14.2 Å². The molecule has 3 heteroatoms. The highest BCUT2D eigenvalue weighted by Gasteiger charge is 2.24. The molecule has 0 bridgehead atoms. The molecular weight excluding hydrogens is 180 g/mol. The summed E-state index contributed by atoms with van der Waals surface area (Å²) in [6.07, 6.45) is 4.15. The van der Waals surface area contributed by atoms with E-state index in [-0.39, 0.29) is 6.29 Å². The molecule has 0 aliphatic carbocycles. The van der Waals surface area contributed by atoms with Crippen molar-refractivity contribution in [2.75, 3.05) is 20.3 Å². The van der Waals surface area contributed by atoms with Gasteiger partial charge in [0.1, 0.15) is 0 Å². The average Bonchev–Trinajstić information content (AvgIpc) is 2.26. The molecule has 0 unspecified atom stereocenters. The van der Waals surface area contributed by atoms with Crippen LogP contribution in [0.2, 0.25) is 0 Å². The van der Waals surface area contributed by atoms with Crippen molar-refractivity contribution < 1.29 is 14.2 Å². The van der Waals surface area contributed by atoms with Crippen molar-refractivity contribution in [2.24, 2.45) is 5.92 Å². The Hall–Kier alpha value is -0.800. The minimum absolute atomic E-state index is 0.360. The first-order valence-electron chi connectivity index (χ1n) is 4.91. The number of hydrogen-bond acceptors (Lipinski definition) is 3. The maximum absolute atomic E-state index is 5.52. The lowest BCUT2D eigenvalue weighted by molar-refractivity contribution is -0.195. The third-order valence-electron chi connectivity index (χ3n) is 2.29. The summed E-state index contributed by atoms with van der Waals surface area (Å²) in [5.74, 6) is 1.18. The van der Waals surface area contributed by atoms with Gasteiger partial charge in [-0.1, -0.05) is 19.6 Å². The van der Waals surface area contributed by atoms with Crippen LogP contribution in [0.15, 0.2) is 24.5 Å². The monoisotopic (exact) mass is 198 g/mol. The highest BCUT2D eigenvalue weighted by atomic mass is 16.7. The Labute approximate surface area is 85.3 Å². The Morgan fingerprint density at radius 3 is 2.57 bits per heavy atom. The zero-order chi connectivity index (χ0) is 10.4. The second-order valence-corrected chi connectivity index (χ2v) is 3.28. The lowest BCUT2D eigenvalue weighted by Gasteiger charge is -2.29. The number of allylic oxidation sites excluding steroid dienone is 2. The third-order valence-corrected chi connectivity index (χ3v) is 2.29. The van der Waals surface area contributed by atoms with Crippen LogP contribution in [-0.2, 0) is 14.2 Å². The molecule has 0 amide bonds. The standard InChI is InChI=1S/C11H18O3/c1-4-6-10(12-3)11-13-7-9(5-2)8-14-11/h4,6,9,11H,1,5,7-8H2,2-3H3/b10-6-. The van der Waals surface area contributed by atoms with Crippen molar-refractivity contribution >= 4 is 0 Å². The van der Waals surface area contributed by atoms with Gasteiger partial charge in [0.15, 0.2) is 5.76 Å². The summed E-state index contributed by atoms with van der Waals surface area (Å²) < 4.78 is 16.2. The van der Waals surface area contributed by atoms with E-state index in [1.54, 1.807) is 19.3 Å². The van der Waals surface area contributed by atoms with Gasteiger partial charge in [0, 0.05) is 5.92 Å². The highest BCUT2D eigenvalue weighted by Crippen LogP contribution is 2.19. The average molecular weight is 198 g/mol. The fourth-order valence-electron chi connectivity index (χ4n) is 1.30. The summed E-state index contributed by atoms with van der Waals surface area (Å²) in [6, 6.07) is 0. The van der Waals surface area contributed by atoms with Gasteiger partial charge in [-0.25, -0.2) is 0 Å². The molecule has 0 atom stereocenters. The van der Waals surface area contributed by atoms with E-state index in [1.807, 2.05) is 0 Å². The Morgan fingerprint density at radius 1 is 1.50 bits per heavy atom. The molecule has 1 aliphatic rings. The Bertz CT molecular complexity index is 203.